The lowest BCUT2D eigenvalue weighted by Gasteiger charge is -2.10. The van der Waals surface area contributed by atoms with Crippen LogP contribution in [0.1, 0.15) is 22.8 Å². The molecule has 0 saturated carbocycles. The van der Waals surface area contributed by atoms with Crippen LogP contribution in [0.5, 0.6) is 11.5 Å². The summed E-state index contributed by atoms with van der Waals surface area (Å²) in [4.78, 5) is 11.2. The highest BCUT2D eigenvalue weighted by Crippen LogP contribution is 2.30. The number of aryl methyl sites for hydroxylation is 1. The monoisotopic (exact) mass is 180 g/mol. The molecule has 0 aromatic heterocycles. The molecule has 1 N–H and O–H groups in total. The van der Waals surface area contributed by atoms with E-state index >= 15 is 0 Å². The van der Waals surface area contributed by atoms with Crippen molar-refractivity contribution in [1.29, 1.82) is 0 Å². The molecule has 3 nitrogen and oxygen atoms in total. The van der Waals surface area contributed by atoms with Gasteiger partial charge in [0, 0.05) is 0 Å². The largest absolute Gasteiger partial charge is 0.507 e. The third-order valence-electron chi connectivity index (χ3n) is 1.89. The molecule has 0 atom stereocenters. The van der Waals surface area contributed by atoms with Gasteiger partial charge in [-0.25, -0.2) is 0 Å². The highest BCUT2D eigenvalue weighted by molar-refractivity contribution is 5.99. The summed E-state index contributed by atoms with van der Waals surface area (Å²) in [5.41, 5.74) is 1.09. The van der Waals surface area contributed by atoms with Gasteiger partial charge < -0.3 is 9.84 Å². The van der Waals surface area contributed by atoms with E-state index in [2.05, 4.69) is 0 Å². The van der Waals surface area contributed by atoms with Crippen molar-refractivity contribution < 1.29 is 14.6 Å². The zero-order valence-corrected chi connectivity index (χ0v) is 7.92. The normalized spacial score (nSPS) is 9.77. The fourth-order valence-corrected chi connectivity index (χ4v) is 1.28. The number of carbonyl (C=O) groups is 1. The number of phenolic OH excluding ortho intramolecular Hbond substituents is 1. The van der Waals surface area contributed by atoms with Crippen molar-refractivity contribution in [2.45, 2.75) is 13.8 Å². The summed E-state index contributed by atoms with van der Waals surface area (Å²) in [6.45, 7) is 3.22. The second-order valence-corrected chi connectivity index (χ2v) is 2.87. The van der Waals surface area contributed by atoms with Gasteiger partial charge in [-0.2, -0.15) is 0 Å². The number of hydrogen-bond acceptors (Lipinski definition) is 3. The number of ether oxygens (including phenoxy) is 1. The Morgan fingerprint density at radius 1 is 1.46 bits per heavy atom. The average Bonchev–Trinajstić information content (AvgIpc) is 2.07. The van der Waals surface area contributed by atoms with Crippen LogP contribution in [-0.4, -0.2) is 18.0 Å². The van der Waals surface area contributed by atoms with Crippen LogP contribution in [0.15, 0.2) is 12.1 Å². The van der Waals surface area contributed by atoms with Gasteiger partial charge in [0.05, 0.1) is 7.11 Å². The Kier molecular flexibility index (Phi) is 2.56. The van der Waals surface area contributed by atoms with Crippen molar-refractivity contribution in [2.75, 3.05) is 7.11 Å². The Balaban J connectivity index is 3.43. The third kappa shape index (κ3) is 1.64. The van der Waals surface area contributed by atoms with Crippen molar-refractivity contribution in [1.82, 2.24) is 0 Å². The summed E-state index contributed by atoms with van der Waals surface area (Å²) in [5, 5.41) is 9.42. The predicted molar refractivity (Wildman–Crippen MR) is 49.4 cm³/mol. The first-order valence-electron chi connectivity index (χ1n) is 3.95. The highest BCUT2D eigenvalue weighted by Gasteiger charge is 2.14. The highest BCUT2D eigenvalue weighted by atomic mass is 16.5. The molecule has 0 bridgehead atoms. The van der Waals surface area contributed by atoms with Gasteiger partial charge in [0.15, 0.2) is 5.78 Å². The van der Waals surface area contributed by atoms with Gasteiger partial charge in [-0.1, -0.05) is 6.07 Å². The zero-order valence-electron chi connectivity index (χ0n) is 7.92. The summed E-state index contributed by atoms with van der Waals surface area (Å²) in [5.74, 6) is 0.223. The lowest BCUT2D eigenvalue weighted by Crippen LogP contribution is -1.99. The first kappa shape index (κ1) is 9.58. The van der Waals surface area contributed by atoms with Crippen LogP contribution in [0, 0.1) is 6.92 Å². The van der Waals surface area contributed by atoms with E-state index in [1.54, 1.807) is 6.07 Å². The molecule has 0 saturated heterocycles. The van der Waals surface area contributed by atoms with Gasteiger partial charge in [-0.05, 0) is 25.5 Å². The quantitative estimate of drug-likeness (QED) is 0.707. The number of phenols is 1. The van der Waals surface area contributed by atoms with Gasteiger partial charge in [-0.15, -0.1) is 0 Å². The maximum atomic E-state index is 11.2. The van der Waals surface area contributed by atoms with Crippen molar-refractivity contribution in [3.8, 4) is 11.5 Å². The molecule has 3 heteroatoms. The fourth-order valence-electron chi connectivity index (χ4n) is 1.28. The maximum absolute atomic E-state index is 11.2. The number of methoxy groups -OCH3 is 1. The molecule has 0 fully saturated rings. The van der Waals surface area contributed by atoms with E-state index in [1.165, 1.54) is 20.1 Å². The Morgan fingerprint density at radius 3 is 2.46 bits per heavy atom. The summed E-state index contributed by atoms with van der Waals surface area (Å²) in [6, 6.07) is 3.20. The van der Waals surface area contributed by atoms with E-state index in [0.717, 1.165) is 5.56 Å². The smallest absolute Gasteiger partial charge is 0.167 e. The molecule has 0 aliphatic rings. The molecule has 0 aliphatic carbocycles. The molecule has 0 heterocycles. The molecule has 0 aliphatic heterocycles. The Morgan fingerprint density at radius 2 is 2.08 bits per heavy atom. The first-order chi connectivity index (χ1) is 6.07. The lowest BCUT2D eigenvalue weighted by atomic mass is 10.1. The van der Waals surface area contributed by atoms with Crippen LogP contribution in [-0.2, 0) is 0 Å². The van der Waals surface area contributed by atoms with Gasteiger partial charge in [0.25, 0.3) is 0 Å². The van der Waals surface area contributed by atoms with Crippen molar-refractivity contribution >= 4 is 5.78 Å². The van der Waals surface area contributed by atoms with Crippen LogP contribution >= 0.6 is 0 Å². The molecule has 1 aromatic carbocycles. The molecule has 0 spiro atoms. The molecule has 1 aromatic rings. The van der Waals surface area contributed by atoms with Gasteiger partial charge in [0.1, 0.15) is 17.1 Å². The molecule has 1 rings (SSSR count). The molecular formula is C10H12O3. The van der Waals surface area contributed by atoms with Crippen LogP contribution in [0.4, 0.5) is 0 Å². The second-order valence-electron chi connectivity index (χ2n) is 2.87. The predicted octanol–water partition coefficient (Wildman–Crippen LogP) is 1.91. The average molecular weight is 180 g/mol. The zero-order chi connectivity index (χ0) is 10.0. The van der Waals surface area contributed by atoms with Gasteiger partial charge >= 0.3 is 0 Å². The standard InChI is InChI=1S/C10H12O3/c1-6-4-5-8(12)9(7(2)11)10(6)13-3/h4-5,12H,1-3H3. The van der Waals surface area contributed by atoms with Gasteiger partial charge in [0.2, 0.25) is 0 Å². The lowest BCUT2D eigenvalue weighted by molar-refractivity contribution is 0.101. The molecule has 13 heavy (non-hydrogen) atoms. The number of ketones is 1. The minimum absolute atomic E-state index is 0.0325. The minimum atomic E-state index is -0.196. The third-order valence-corrected chi connectivity index (χ3v) is 1.89. The van der Waals surface area contributed by atoms with Crippen LogP contribution in [0.25, 0.3) is 0 Å². The summed E-state index contributed by atoms with van der Waals surface area (Å²) in [6.07, 6.45) is 0. The topological polar surface area (TPSA) is 46.5 Å². The summed E-state index contributed by atoms with van der Waals surface area (Å²) in [7, 11) is 1.48. The number of benzene rings is 1. The number of Topliss-reactive ketones (excluding diaryl/α,β-unsaturated/α-hetero) is 1. The van der Waals surface area contributed by atoms with Crippen LogP contribution in [0.2, 0.25) is 0 Å². The van der Waals surface area contributed by atoms with E-state index < -0.39 is 0 Å². The molecule has 0 amide bonds. The molecule has 0 unspecified atom stereocenters. The number of aromatic hydroxyl groups is 1. The van der Waals surface area contributed by atoms with Crippen LogP contribution in [0.3, 0.4) is 0 Å². The Hall–Kier alpha value is -1.51. The van der Waals surface area contributed by atoms with Crippen LogP contribution < -0.4 is 4.74 Å². The van der Waals surface area contributed by atoms with E-state index in [-0.39, 0.29) is 17.1 Å². The maximum Gasteiger partial charge on any atom is 0.167 e. The van der Waals surface area contributed by atoms with Crippen molar-refractivity contribution in [3.05, 3.63) is 23.3 Å². The van der Waals surface area contributed by atoms with Gasteiger partial charge in [-0.3, -0.25) is 4.79 Å². The Labute approximate surface area is 77.0 Å². The first-order valence-corrected chi connectivity index (χ1v) is 3.95. The number of carbonyl (C=O) groups excluding carboxylic acids is 1. The molecule has 0 radical (unpaired) electrons. The minimum Gasteiger partial charge on any atom is -0.507 e. The number of rotatable bonds is 2. The van der Waals surface area contributed by atoms with E-state index in [9.17, 15) is 9.90 Å². The van der Waals surface area contributed by atoms with Crippen molar-refractivity contribution in [2.24, 2.45) is 0 Å². The van der Waals surface area contributed by atoms with E-state index in [1.807, 2.05) is 6.92 Å². The molecular weight excluding hydrogens is 168 g/mol. The Bertz CT molecular complexity index is 342. The number of hydrogen-bond donors (Lipinski definition) is 1. The second kappa shape index (κ2) is 3.47. The summed E-state index contributed by atoms with van der Waals surface area (Å²) >= 11 is 0. The summed E-state index contributed by atoms with van der Waals surface area (Å²) < 4.78 is 5.04. The molecule has 70 valence electrons. The van der Waals surface area contributed by atoms with Crippen molar-refractivity contribution in [3.63, 3.8) is 0 Å². The SMILES string of the molecule is COc1c(C)ccc(O)c1C(C)=O. The van der Waals surface area contributed by atoms with E-state index in [0.29, 0.717) is 5.75 Å². The fraction of sp³-hybridized carbons (Fsp3) is 0.300. The van der Waals surface area contributed by atoms with E-state index in [4.69, 9.17) is 4.74 Å².